The maximum Gasteiger partial charge on any atom is 0.410 e. The van der Waals surface area contributed by atoms with Crippen molar-refractivity contribution in [1.29, 1.82) is 0 Å². The molecule has 2 aromatic rings. The molecule has 1 heterocycles. The monoisotopic (exact) mass is 474 g/mol. The topological polar surface area (TPSA) is 76.2 Å². The van der Waals surface area contributed by atoms with Crippen LogP contribution in [0.4, 0.5) is 4.79 Å². The molecule has 0 radical (unpaired) electrons. The van der Waals surface area contributed by atoms with Crippen LogP contribution < -0.4 is 4.74 Å². The summed E-state index contributed by atoms with van der Waals surface area (Å²) in [5, 5.41) is 0. The van der Waals surface area contributed by atoms with E-state index in [1.807, 2.05) is 52.0 Å². The van der Waals surface area contributed by atoms with Crippen molar-refractivity contribution in [2.75, 3.05) is 20.2 Å². The minimum Gasteiger partial charge on any atom is -0.497 e. The molecule has 33 heavy (non-hydrogen) atoms. The molecule has 0 bridgehead atoms. The molecule has 0 saturated carbocycles. The van der Waals surface area contributed by atoms with Crippen LogP contribution in [0.1, 0.15) is 44.7 Å². The first-order valence-electron chi connectivity index (χ1n) is 11.2. The van der Waals surface area contributed by atoms with Gasteiger partial charge in [-0.1, -0.05) is 29.8 Å². The number of rotatable bonds is 6. The Bertz CT molecular complexity index is 1060. The third-order valence-corrected chi connectivity index (χ3v) is 7.45. The van der Waals surface area contributed by atoms with Crippen molar-refractivity contribution in [3.8, 4) is 5.75 Å². The van der Waals surface area contributed by atoms with Gasteiger partial charge in [0.25, 0.3) is 0 Å². The first-order chi connectivity index (χ1) is 15.5. The number of likely N-dealkylation sites (tertiary alicyclic amines) is 1. The maximum absolute atomic E-state index is 13.8. The molecule has 1 unspecified atom stereocenters. The van der Waals surface area contributed by atoms with Crippen LogP contribution in [0.5, 0.6) is 5.75 Å². The van der Waals surface area contributed by atoms with Crippen molar-refractivity contribution in [3.05, 3.63) is 59.7 Å². The second-order valence-corrected chi connectivity index (χ2v) is 11.3. The van der Waals surface area contributed by atoms with Crippen molar-refractivity contribution < 1.29 is 22.7 Å². The minimum absolute atomic E-state index is 0.199. The molecule has 0 aliphatic carbocycles. The summed E-state index contributed by atoms with van der Waals surface area (Å²) in [4.78, 5) is 14.5. The number of methoxy groups -OCH3 is 1. The zero-order chi connectivity index (χ0) is 24.2. The molecule has 0 spiro atoms. The van der Waals surface area contributed by atoms with E-state index in [4.69, 9.17) is 9.47 Å². The van der Waals surface area contributed by atoms with E-state index >= 15 is 0 Å². The molecule has 2 aromatic carbocycles. The molecular formula is C25H34N2O5S. The van der Waals surface area contributed by atoms with Crippen molar-refractivity contribution in [2.45, 2.75) is 63.6 Å². The van der Waals surface area contributed by atoms with E-state index in [-0.39, 0.29) is 24.0 Å². The van der Waals surface area contributed by atoms with Gasteiger partial charge in [-0.15, -0.1) is 0 Å². The number of carbonyl (C=O) groups is 1. The van der Waals surface area contributed by atoms with Gasteiger partial charge in [-0.05, 0) is 70.4 Å². The fraction of sp³-hybridized carbons (Fsp3) is 0.480. The smallest absolute Gasteiger partial charge is 0.410 e. The van der Waals surface area contributed by atoms with Gasteiger partial charge >= 0.3 is 6.09 Å². The molecule has 7 nitrogen and oxygen atoms in total. The largest absolute Gasteiger partial charge is 0.497 e. The Kier molecular flexibility index (Phi) is 7.69. The van der Waals surface area contributed by atoms with Gasteiger partial charge in [-0.25, -0.2) is 13.2 Å². The molecule has 3 rings (SSSR count). The molecule has 0 N–H and O–H groups in total. The molecule has 1 amide bonds. The van der Waals surface area contributed by atoms with Gasteiger partial charge in [0.05, 0.1) is 12.0 Å². The Hall–Kier alpha value is -2.58. The number of sulfonamides is 1. The fourth-order valence-electron chi connectivity index (χ4n) is 3.97. The summed E-state index contributed by atoms with van der Waals surface area (Å²) in [5.41, 5.74) is 1.36. The van der Waals surface area contributed by atoms with Crippen LogP contribution in [0.3, 0.4) is 0 Å². The normalized spacial score (nSPS) is 17.2. The number of hydrogen-bond acceptors (Lipinski definition) is 5. The molecule has 180 valence electrons. The zero-order valence-electron chi connectivity index (χ0n) is 20.1. The summed E-state index contributed by atoms with van der Waals surface area (Å²) in [6.45, 7) is 8.52. The van der Waals surface area contributed by atoms with Crippen LogP contribution in [0.15, 0.2) is 53.4 Å². The molecular weight excluding hydrogens is 440 g/mol. The van der Waals surface area contributed by atoms with Crippen LogP contribution in [0.25, 0.3) is 0 Å². The van der Waals surface area contributed by atoms with E-state index in [1.165, 1.54) is 4.31 Å². The van der Waals surface area contributed by atoms with Crippen molar-refractivity contribution >= 4 is 16.1 Å². The molecule has 1 saturated heterocycles. The lowest BCUT2D eigenvalue weighted by molar-refractivity contribution is 0.0152. The highest BCUT2D eigenvalue weighted by Gasteiger charge is 2.36. The summed E-state index contributed by atoms with van der Waals surface area (Å²) in [6.07, 6.45) is 0.955. The Morgan fingerprint density at radius 2 is 1.85 bits per heavy atom. The van der Waals surface area contributed by atoms with Crippen molar-refractivity contribution in [2.24, 2.45) is 0 Å². The van der Waals surface area contributed by atoms with Crippen LogP contribution in [0.2, 0.25) is 0 Å². The lowest BCUT2D eigenvalue weighted by Gasteiger charge is -2.39. The Labute approximate surface area is 197 Å². The highest BCUT2D eigenvalue weighted by Crippen LogP contribution is 2.28. The van der Waals surface area contributed by atoms with E-state index in [2.05, 4.69) is 0 Å². The van der Waals surface area contributed by atoms with Crippen molar-refractivity contribution in [1.82, 2.24) is 9.21 Å². The Morgan fingerprint density at radius 3 is 2.45 bits per heavy atom. The van der Waals surface area contributed by atoms with Crippen molar-refractivity contribution in [3.63, 3.8) is 0 Å². The molecule has 8 heteroatoms. The van der Waals surface area contributed by atoms with Gasteiger partial charge in [0, 0.05) is 25.7 Å². The molecule has 1 aliphatic rings. The SMILES string of the molecule is COc1ccc(S(=O)(=O)N(Cc2cccc(C)c2)C2CCCN(C(=O)OC(C)(C)C)C2)cc1. The predicted molar refractivity (Wildman–Crippen MR) is 128 cm³/mol. The number of nitrogens with zero attached hydrogens (tertiary/aromatic N) is 2. The number of ether oxygens (including phenoxy) is 2. The number of hydrogen-bond donors (Lipinski definition) is 0. The summed E-state index contributed by atoms with van der Waals surface area (Å²) >= 11 is 0. The lowest BCUT2D eigenvalue weighted by atomic mass is 10.1. The first-order valence-corrected chi connectivity index (χ1v) is 12.6. The van der Waals surface area contributed by atoms with Crippen LogP contribution in [-0.2, 0) is 21.3 Å². The van der Waals surface area contributed by atoms with E-state index in [0.717, 1.165) is 11.1 Å². The third-order valence-electron chi connectivity index (χ3n) is 5.54. The van der Waals surface area contributed by atoms with E-state index in [1.54, 1.807) is 36.3 Å². The second kappa shape index (κ2) is 10.1. The zero-order valence-corrected chi connectivity index (χ0v) is 20.9. The van der Waals surface area contributed by atoms with Gasteiger partial charge in [0.2, 0.25) is 10.0 Å². The van der Waals surface area contributed by atoms with Gasteiger partial charge in [0.15, 0.2) is 0 Å². The first kappa shape index (κ1) is 25.1. The number of carbonyl (C=O) groups excluding carboxylic acids is 1. The summed E-state index contributed by atoms with van der Waals surface area (Å²) in [7, 11) is -2.28. The minimum atomic E-state index is -3.82. The van der Waals surface area contributed by atoms with Crippen LogP contribution in [-0.4, -0.2) is 55.6 Å². The van der Waals surface area contributed by atoms with Gasteiger partial charge in [0.1, 0.15) is 11.4 Å². The molecule has 1 aliphatic heterocycles. The lowest BCUT2D eigenvalue weighted by Crippen LogP contribution is -2.52. The Morgan fingerprint density at radius 1 is 1.15 bits per heavy atom. The average Bonchev–Trinajstić information content (AvgIpc) is 2.76. The second-order valence-electron chi connectivity index (χ2n) is 9.44. The highest BCUT2D eigenvalue weighted by molar-refractivity contribution is 7.89. The summed E-state index contributed by atoms with van der Waals surface area (Å²) < 4.78 is 39.8. The summed E-state index contributed by atoms with van der Waals surface area (Å²) in [5.74, 6) is 0.591. The quantitative estimate of drug-likeness (QED) is 0.612. The van der Waals surface area contributed by atoms with Crippen LogP contribution in [0, 0.1) is 6.92 Å². The average molecular weight is 475 g/mol. The highest BCUT2D eigenvalue weighted by atomic mass is 32.2. The van der Waals surface area contributed by atoms with Gasteiger partial charge in [-0.2, -0.15) is 4.31 Å². The third kappa shape index (κ3) is 6.48. The van der Waals surface area contributed by atoms with E-state index in [0.29, 0.717) is 25.1 Å². The van der Waals surface area contributed by atoms with Gasteiger partial charge < -0.3 is 14.4 Å². The molecule has 0 aromatic heterocycles. The van der Waals surface area contributed by atoms with E-state index < -0.39 is 21.7 Å². The number of piperidine rings is 1. The van der Waals surface area contributed by atoms with E-state index in [9.17, 15) is 13.2 Å². The van der Waals surface area contributed by atoms with Crippen LogP contribution >= 0.6 is 0 Å². The fourth-order valence-corrected chi connectivity index (χ4v) is 5.60. The summed E-state index contributed by atoms with van der Waals surface area (Å²) in [6, 6.07) is 13.9. The number of amides is 1. The maximum atomic E-state index is 13.8. The predicted octanol–water partition coefficient (Wildman–Crippen LogP) is 4.59. The van der Waals surface area contributed by atoms with Gasteiger partial charge in [-0.3, -0.25) is 0 Å². The molecule has 1 atom stereocenters. The Balaban J connectivity index is 1.93. The standard InChI is InChI=1S/C25H34N2O5S/c1-19-8-6-9-20(16-19)17-27(33(29,30)23-13-11-22(31-5)12-14-23)21-10-7-15-26(18-21)24(28)32-25(2,3)4/h6,8-9,11-14,16,21H,7,10,15,17-18H2,1-5H3. The number of aryl methyl sites for hydroxylation is 1. The molecule has 1 fully saturated rings. The number of benzene rings is 2.